The van der Waals surface area contributed by atoms with Crippen LogP contribution < -0.4 is 11.5 Å². The quantitative estimate of drug-likeness (QED) is 0.671. The highest BCUT2D eigenvalue weighted by molar-refractivity contribution is 5.33. The van der Waals surface area contributed by atoms with Gasteiger partial charge < -0.3 is 16.2 Å². The zero-order valence-corrected chi connectivity index (χ0v) is 7.99. The number of hydrogen-bond donors (Lipinski definition) is 2. The maximum absolute atomic E-state index is 5.59. The predicted octanol–water partition coefficient (Wildman–Crippen LogP) is -0.367. The largest absolute Gasteiger partial charge is 0.375 e. The molecule has 0 spiro atoms. The van der Waals surface area contributed by atoms with Crippen molar-refractivity contribution < 1.29 is 4.74 Å². The molecule has 0 unspecified atom stereocenters. The number of nitrogens with two attached hydrogens (primary N) is 2. The fraction of sp³-hybridized carbons (Fsp3) is 0.556. The Hall–Kier alpha value is -1.20. The zero-order chi connectivity index (χ0) is 9.97. The standard InChI is InChI=1S/C9H14N4O/c10-3-1-7-6-2-4-14-5-8(6)13-9(11)12-7/h1-5,10H2,(H2,11,12,13). The molecule has 2 rings (SSSR count). The first kappa shape index (κ1) is 9.36. The van der Waals surface area contributed by atoms with E-state index in [1.165, 1.54) is 5.56 Å². The first-order valence-corrected chi connectivity index (χ1v) is 4.73. The molecule has 0 radical (unpaired) electrons. The van der Waals surface area contributed by atoms with Crippen LogP contribution in [0.3, 0.4) is 0 Å². The van der Waals surface area contributed by atoms with Gasteiger partial charge in [-0.05, 0) is 13.0 Å². The Morgan fingerprint density at radius 1 is 1.36 bits per heavy atom. The van der Waals surface area contributed by atoms with Gasteiger partial charge in [-0.1, -0.05) is 0 Å². The minimum atomic E-state index is 0.317. The predicted molar refractivity (Wildman–Crippen MR) is 52.6 cm³/mol. The van der Waals surface area contributed by atoms with Crippen LogP contribution in [0.2, 0.25) is 0 Å². The van der Waals surface area contributed by atoms with E-state index >= 15 is 0 Å². The molecule has 0 saturated heterocycles. The second-order valence-corrected chi connectivity index (χ2v) is 3.30. The summed E-state index contributed by atoms with van der Waals surface area (Å²) >= 11 is 0. The van der Waals surface area contributed by atoms with Crippen molar-refractivity contribution >= 4 is 5.95 Å². The lowest BCUT2D eigenvalue weighted by Crippen LogP contribution is -2.19. The molecular formula is C9H14N4O. The zero-order valence-electron chi connectivity index (χ0n) is 7.99. The first-order valence-electron chi connectivity index (χ1n) is 4.73. The number of nitrogen functional groups attached to an aromatic ring is 1. The Morgan fingerprint density at radius 2 is 2.21 bits per heavy atom. The second kappa shape index (κ2) is 3.89. The van der Waals surface area contributed by atoms with Crippen molar-refractivity contribution in [3.05, 3.63) is 17.0 Å². The highest BCUT2D eigenvalue weighted by atomic mass is 16.5. The molecule has 1 aliphatic rings. The highest BCUT2D eigenvalue weighted by Gasteiger charge is 2.16. The monoisotopic (exact) mass is 194 g/mol. The fourth-order valence-electron chi connectivity index (χ4n) is 1.70. The Kier molecular flexibility index (Phi) is 2.60. The number of hydrogen-bond acceptors (Lipinski definition) is 5. The van der Waals surface area contributed by atoms with Crippen molar-refractivity contribution in [2.45, 2.75) is 19.4 Å². The molecule has 14 heavy (non-hydrogen) atoms. The highest BCUT2D eigenvalue weighted by Crippen LogP contribution is 2.18. The van der Waals surface area contributed by atoms with Gasteiger partial charge >= 0.3 is 0 Å². The van der Waals surface area contributed by atoms with Crippen LogP contribution in [0.1, 0.15) is 17.0 Å². The number of nitrogens with zero attached hydrogens (tertiary/aromatic N) is 2. The molecule has 0 bridgehead atoms. The molecule has 2 heterocycles. The Labute approximate surface area is 82.5 Å². The van der Waals surface area contributed by atoms with Crippen LogP contribution in [0, 0.1) is 0 Å². The maximum Gasteiger partial charge on any atom is 0.220 e. The van der Waals surface area contributed by atoms with E-state index in [4.69, 9.17) is 16.2 Å². The van der Waals surface area contributed by atoms with E-state index in [0.717, 1.165) is 30.8 Å². The lowest BCUT2D eigenvalue weighted by Gasteiger charge is -2.18. The van der Waals surface area contributed by atoms with Crippen molar-refractivity contribution in [2.24, 2.45) is 5.73 Å². The molecule has 5 heteroatoms. The molecule has 5 nitrogen and oxygen atoms in total. The summed E-state index contributed by atoms with van der Waals surface area (Å²) in [6, 6.07) is 0. The minimum absolute atomic E-state index is 0.317. The van der Waals surface area contributed by atoms with E-state index in [2.05, 4.69) is 9.97 Å². The van der Waals surface area contributed by atoms with E-state index in [0.29, 0.717) is 19.1 Å². The van der Waals surface area contributed by atoms with Gasteiger partial charge in [0.05, 0.1) is 24.6 Å². The summed E-state index contributed by atoms with van der Waals surface area (Å²) in [5.74, 6) is 0.317. The molecule has 0 atom stereocenters. The van der Waals surface area contributed by atoms with E-state index in [-0.39, 0.29) is 0 Å². The molecule has 0 saturated carbocycles. The van der Waals surface area contributed by atoms with E-state index < -0.39 is 0 Å². The lowest BCUT2D eigenvalue weighted by atomic mass is 10.0. The third kappa shape index (κ3) is 1.69. The van der Waals surface area contributed by atoms with Crippen LogP contribution >= 0.6 is 0 Å². The number of rotatable bonds is 2. The summed E-state index contributed by atoms with van der Waals surface area (Å²) in [7, 11) is 0. The molecule has 0 amide bonds. The lowest BCUT2D eigenvalue weighted by molar-refractivity contribution is 0.107. The molecule has 76 valence electrons. The molecule has 1 aromatic rings. The summed E-state index contributed by atoms with van der Waals surface area (Å²) < 4.78 is 5.31. The van der Waals surface area contributed by atoms with Crippen LogP contribution in [-0.4, -0.2) is 23.1 Å². The van der Waals surface area contributed by atoms with Crippen LogP contribution in [0.4, 0.5) is 5.95 Å². The van der Waals surface area contributed by atoms with E-state index in [1.54, 1.807) is 0 Å². The number of aromatic nitrogens is 2. The number of fused-ring (bicyclic) bond motifs is 1. The molecule has 0 aromatic carbocycles. The third-order valence-corrected chi connectivity index (χ3v) is 2.31. The summed E-state index contributed by atoms with van der Waals surface area (Å²) in [6.45, 7) is 1.86. The van der Waals surface area contributed by atoms with Crippen molar-refractivity contribution in [3.63, 3.8) is 0 Å². The van der Waals surface area contributed by atoms with Gasteiger partial charge in [0.2, 0.25) is 5.95 Å². The van der Waals surface area contributed by atoms with E-state index in [9.17, 15) is 0 Å². The number of anilines is 1. The van der Waals surface area contributed by atoms with Crippen LogP contribution in [-0.2, 0) is 24.2 Å². The van der Waals surface area contributed by atoms with Gasteiger partial charge in [0, 0.05) is 12.0 Å². The second-order valence-electron chi connectivity index (χ2n) is 3.30. The Morgan fingerprint density at radius 3 is 3.00 bits per heavy atom. The normalized spacial score (nSPS) is 15.2. The minimum Gasteiger partial charge on any atom is -0.375 e. The third-order valence-electron chi connectivity index (χ3n) is 2.31. The van der Waals surface area contributed by atoms with Crippen LogP contribution in [0.5, 0.6) is 0 Å². The maximum atomic E-state index is 5.59. The fourth-order valence-corrected chi connectivity index (χ4v) is 1.70. The first-order chi connectivity index (χ1) is 6.81. The topological polar surface area (TPSA) is 87.0 Å². The SMILES string of the molecule is NCCc1nc(N)nc2c1CCOC2. The number of ether oxygens (including phenoxy) is 1. The van der Waals surface area contributed by atoms with Gasteiger partial charge in [0.25, 0.3) is 0 Å². The summed E-state index contributed by atoms with van der Waals surface area (Å²) in [6.07, 6.45) is 1.62. The Bertz CT molecular complexity index is 340. The molecule has 1 aromatic heterocycles. The van der Waals surface area contributed by atoms with Gasteiger partial charge in [-0.3, -0.25) is 0 Å². The average Bonchev–Trinajstić information content (AvgIpc) is 2.18. The summed E-state index contributed by atoms with van der Waals surface area (Å²) in [5, 5.41) is 0. The Balaban J connectivity index is 2.41. The van der Waals surface area contributed by atoms with E-state index in [1.807, 2.05) is 0 Å². The summed E-state index contributed by atoms with van der Waals surface area (Å²) in [5.41, 5.74) is 14.2. The molecule has 1 aliphatic heterocycles. The van der Waals surface area contributed by atoms with Gasteiger partial charge in [-0.2, -0.15) is 0 Å². The van der Waals surface area contributed by atoms with Crippen molar-refractivity contribution in [3.8, 4) is 0 Å². The van der Waals surface area contributed by atoms with Gasteiger partial charge in [0.15, 0.2) is 0 Å². The van der Waals surface area contributed by atoms with Crippen molar-refractivity contribution in [2.75, 3.05) is 18.9 Å². The van der Waals surface area contributed by atoms with Gasteiger partial charge in [-0.15, -0.1) is 0 Å². The molecular weight excluding hydrogens is 180 g/mol. The van der Waals surface area contributed by atoms with Gasteiger partial charge in [0.1, 0.15) is 0 Å². The molecule has 0 aliphatic carbocycles. The summed E-state index contributed by atoms with van der Waals surface area (Å²) in [4.78, 5) is 8.36. The van der Waals surface area contributed by atoms with Crippen molar-refractivity contribution in [1.82, 2.24) is 9.97 Å². The van der Waals surface area contributed by atoms with Crippen LogP contribution in [0.15, 0.2) is 0 Å². The molecule has 4 N–H and O–H groups in total. The van der Waals surface area contributed by atoms with Crippen LogP contribution in [0.25, 0.3) is 0 Å². The van der Waals surface area contributed by atoms with Gasteiger partial charge in [-0.25, -0.2) is 9.97 Å². The molecule has 0 fully saturated rings. The van der Waals surface area contributed by atoms with Crippen molar-refractivity contribution in [1.29, 1.82) is 0 Å². The smallest absolute Gasteiger partial charge is 0.220 e. The average molecular weight is 194 g/mol.